The molecule has 3 rings (SSSR count). The van der Waals surface area contributed by atoms with E-state index in [9.17, 15) is 13.2 Å². The molecule has 5 nitrogen and oxygen atoms in total. The van der Waals surface area contributed by atoms with Crippen LogP contribution in [0.1, 0.15) is 48.0 Å². The molecule has 1 fully saturated rings. The van der Waals surface area contributed by atoms with Crippen molar-refractivity contribution in [3.05, 3.63) is 71.1 Å². The molecule has 1 aliphatic carbocycles. The maximum atomic E-state index is 12.3. The number of amides is 1. The quantitative estimate of drug-likeness (QED) is 0.725. The highest BCUT2D eigenvalue weighted by molar-refractivity contribution is 7.95. The largest absolute Gasteiger partial charge is 0.352 e. The van der Waals surface area contributed by atoms with Gasteiger partial charge in [-0.05, 0) is 54.7 Å². The number of benzene rings is 2. The van der Waals surface area contributed by atoms with Crippen LogP contribution >= 0.6 is 0 Å². The van der Waals surface area contributed by atoms with Gasteiger partial charge in [0.15, 0.2) is 0 Å². The summed E-state index contributed by atoms with van der Waals surface area (Å²) in [7, 11) is -3.62. The van der Waals surface area contributed by atoms with Crippen LogP contribution in [0.4, 0.5) is 5.69 Å². The molecule has 0 heterocycles. The maximum Gasteiger partial charge on any atom is 0.255 e. The zero-order valence-corrected chi connectivity index (χ0v) is 16.6. The second kappa shape index (κ2) is 9.55. The van der Waals surface area contributed by atoms with Gasteiger partial charge >= 0.3 is 0 Å². The highest BCUT2D eigenvalue weighted by atomic mass is 32.2. The molecule has 2 aromatic rings. The Labute approximate surface area is 166 Å². The van der Waals surface area contributed by atoms with Crippen molar-refractivity contribution >= 4 is 27.7 Å². The van der Waals surface area contributed by atoms with Crippen LogP contribution < -0.4 is 10.0 Å². The zero-order valence-electron chi connectivity index (χ0n) is 15.8. The third-order valence-electron chi connectivity index (χ3n) is 4.92. The lowest BCUT2D eigenvalue weighted by Gasteiger charge is -2.21. The lowest BCUT2D eigenvalue weighted by molar-refractivity contribution is 0.0943. The van der Waals surface area contributed by atoms with Crippen molar-refractivity contribution in [1.82, 2.24) is 5.32 Å². The van der Waals surface area contributed by atoms with Crippen LogP contribution in [0.25, 0.3) is 6.08 Å². The third kappa shape index (κ3) is 6.23. The average Bonchev–Trinajstić information content (AvgIpc) is 2.72. The molecule has 0 saturated heterocycles. The minimum absolute atomic E-state index is 0.121. The van der Waals surface area contributed by atoms with Gasteiger partial charge in [0.05, 0.1) is 5.41 Å². The summed E-state index contributed by atoms with van der Waals surface area (Å²) in [5.41, 5.74) is 1.75. The summed E-state index contributed by atoms with van der Waals surface area (Å²) >= 11 is 0. The minimum atomic E-state index is -3.62. The van der Waals surface area contributed by atoms with Crippen molar-refractivity contribution in [2.75, 3.05) is 11.3 Å². The van der Waals surface area contributed by atoms with Crippen LogP contribution in [0.2, 0.25) is 0 Å². The molecule has 0 unspecified atom stereocenters. The first-order valence-corrected chi connectivity index (χ1v) is 11.2. The Hall–Kier alpha value is -2.60. The highest BCUT2D eigenvalue weighted by Crippen LogP contribution is 2.23. The van der Waals surface area contributed by atoms with E-state index in [1.807, 2.05) is 30.3 Å². The smallest absolute Gasteiger partial charge is 0.255 e. The molecule has 0 aromatic heterocycles. The molecular weight excluding hydrogens is 372 g/mol. The molecule has 148 valence electrons. The Balaban J connectivity index is 1.54. The normalized spacial score (nSPS) is 15.4. The number of anilines is 1. The number of nitrogens with one attached hydrogen (secondary N) is 2. The van der Waals surface area contributed by atoms with E-state index in [2.05, 4.69) is 10.0 Å². The summed E-state index contributed by atoms with van der Waals surface area (Å²) in [6.45, 7) is 0.706. The van der Waals surface area contributed by atoms with Gasteiger partial charge in [-0.25, -0.2) is 8.42 Å². The van der Waals surface area contributed by atoms with E-state index >= 15 is 0 Å². The van der Waals surface area contributed by atoms with Gasteiger partial charge in [-0.15, -0.1) is 0 Å². The van der Waals surface area contributed by atoms with Crippen LogP contribution in [0.5, 0.6) is 0 Å². The Morgan fingerprint density at radius 3 is 2.32 bits per heavy atom. The van der Waals surface area contributed by atoms with Crippen LogP contribution in [-0.2, 0) is 10.0 Å². The molecule has 0 aliphatic heterocycles. The molecule has 0 bridgehead atoms. The Kier molecular flexibility index (Phi) is 6.87. The van der Waals surface area contributed by atoms with Gasteiger partial charge in [0.2, 0.25) is 0 Å². The molecule has 1 amide bonds. The minimum Gasteiger partial charge on any atom is -0.352 e. The lowest BCUT2D eigenvalue weighted by atomic mass is 9.89. The maximum absolute atomic E-state index is 12.3. The standard InChI is InChI=1S/C22H26N2O3S/c25-22(23-17-19-9-5-2-6-10-19)20-11-13-21(14-12-20)24-28(26,27)16-15-18-7-3-1-4-8-18/h1,3-4,7-8,11-16,19,24H,2,5-6,9-10,17H2,(H,23,25)/b16-15+. The SMILES string of the molecule is O=C(NCC1CCCCC1)c1ccc(NS(=O)(=O)/C=C/c2ccccc2)cc1. The summed E-state index contributed by atoms with van der Waals surface area (Å²) < 4.78 is 26.9. The second-order valence-corrected chi connectivity index (χ2v) is 8.72. The summed E-state index contributed by atoms with van der Waals surface area (Å²) in [5, 5.41) is 4.12. The van der Waals surface area contributed by atoms with Crippen LogP contribution in [0, 0.1) is 5.92 Å². The monoisotopic (exact) mass is 398 g/mol. The van der Waals surface area contributed by atoms with Gasteiger partial charge < -0.3 is 5.32 Å². The summed E-state index contributed by atoms with van der Waals surface area (Å²) in [6.07, 6.45) is 7.68. The van der Waals surface area contributed by atoms with Crippen molar-refractivity contribution < 1.29 is 13.2 Å². The molecule has 0 atom stereocenters. The zero-order chi connectivity index (χ0) is 19.8. The van der Waals surface area contributed by atoms with Gasteiger partial charge in [0.25, 0.3) is 15.9 Å². The lowest BCUT2D eigenvalue weighted by Crippen LogP contribution is -2.30. The van der Waals surface area contributed by atoms with Crippen molar-refractivity contribution in [3.8, 4) is 0 Å². The van der Waals surface area contributed by atoms with Crippen molar-refractivity contribution in [1.29, 1.82) is 0 Å². The summed E-state index contributed by atoms with van der Waals surface area (Å²) in [6, 6.07) is 15.7. The fraction of sp³-hybridized carbons (Fsp3) is 0.318. The van der Waals surface area contributed by atoms with E-state index in [0.717, 1.165) is 11.0 Å². The molecule has 6 heteroatoms. The van der Waals surface area contributed by atoms with Gasteiger partial charge in [0.1, 0.15) is 0 Å². The first-order valence-electron chi connectivity index (χ1n) is 9.66. The number of hydrogen-bond acceptors (Lipinski definition) is 3. The molecule has 0 spiro atoms. The van der Waals surface area contributed by atoms with Gasteiger partial charge in [-0.2, -0.15) is 0 Å². The number of hydrogen-bond donors (Lipinski definition) is 2. The van der Waals surface area contributed by atoms with E-state index < -0.39 is 10.0 Å². The molecule has 2 aromatic carbocycles. The predicted octanol–water partition coefficient (Wildman–Crippen LogP) is 4.41. The molecule has 1 saturated carbocycles. The van der Waals surface area contributed by atoms with Gasteiger partial charge in [0, 0.05) is 17.8 Å². The fourth-order valence-corrected chi connectivity index (χ4v) is 4.22. The predicted molar refractivity (Wildman–Crippen MR) is 113 cm³/mol. The molecular formula is C22H26N2O3S. The summed E-state index contributed by atoms with van der Waals surface area (Å²) in [4.78, 5) is 12.3. The number of carbonyl (C=O) groups is 1. The Bertz CT molecular complexity index is 901. The first kappa shape index (κ1) is 20.1. The first-order chi connectivity index (χ1) is 13.5. The van der Waals surface area contributed by atoms with E-state index in [4.69, 9.17) is 0 Å². The van der Waals surface area contributed by atoms with Crippen molar-refractivity contribution in [2.45, 2.75) is 32.1 Å². The Morgan fingerprint density at radius 1 is 0.964 bits per heavy atom. The van der Waals surface area contributed by atoms with Crippen molar-refractivity contribution in [2.24, 2.45) is 5.92 Å². The molecule has 0 radical (unpaired) electrons. The second-order valence-electron chi connectivity index (χ2n) is 7.15. The van der Waals surface area contributed by atoms with Gasteiger partial charge in [-0.3, -0.25) is 9.52 Å². The highest BCUT2D eigenvalue weighted by Gasteiger charge is 2.15. The van der Waals surface area contributed by atoms with Crippen LogP contribution in [0.3, 0.4) is 0 Å². The van der Waals surface area contributed by atoms with E-state index in [1.165, 1.54) is 38.2 Å². The van der Waals surface area contributed by atoms with Crippen molar-refractivity contribution in [3.63, 3.8) is 0 Å². The van der Waals surface area contributed by atoms with Gasteiger partial charge in [-0.1, -0.05) is 49.6 Å². The molecule has 28 heavy (non-hydrogen) atoms. The fourth-order valence-electron chi connectivity index (χ4n) is 3.35. The number of carbonyl (C=O) groups excluding carboxylic acids is 1. The van der Waals surface area contributed by atoms with Crippen LogP contribution in [-0.4, -0.2) is 20.9 Å². The topological polar surface area (TPSA) is 75.3 Å². The van der Waals surface area contributed by atoms with E-state index in [-0.39, 0.29) is 5.91 Å². The molecule has 2 N–H and O–H groups in total. The number of rotatable bonds is 7. The average molecular weight is 399 g/mol. The molecule has 1 aliphatic rings. The summed E-state index contributed by atoms with van der Waals surface area (Å²) in [5.74, 6) is 0.448. The van der Waals surface area contributed by atoms with Crippen LogP contribution in [0.15, 0.2) is 60.0 Å². The third-order valence-corrected chi connectivity index (χ3v) is 5.94. The van der Waals surface area contributed by atoms with E-state index in [0.29, 0.717) is 23.7 Å². The number of sulfonamides is 1. The Morgan fingerprint density at radius 2 is 1.64 bits per heavy atom. The van der Waals surface area contributed by atoms with E-state index in [1.54, 1.807) is 24.3 Å².